The molecule has 0 saturated carbocycles. The Morgan fingerprint density at radius 2 is 1.69 bits per heavy atom. The molecular formula is C11H12N2. The summed E-state index contributed by atoms with van der Waals surface area (Å²) in [6.45, 7) is 0. The number of nitrogens with zero attached hydrogens (tertiary/aromatic N) is 1. The van der Waals surface area contributed by atoms with Crippen molar-refractivity contribution in [1.29, 1.82) is 0 Å². The zero-order valence-corrected chi connectivity index (χ0v) is 7.57. The Morgan fingerprint density at radius 1 is 1.00 bits per heavy atom. The van der Waals surface area contributed by atoms with Gasteiger partial charge in [0.15, 0.2) is 0 Å². The van der Waals surface area contributed by atoms with Crippen molar-refractivity contribution >= 4 is 16.5 Å². The number of hydrogen-bond donors (Lipinski definition) is 1. The van der Waals surface area contributed by atoms with Gasteiger partial charge in [-0.05, 0) is 22.9 Å². The van der Waals surface area contributed by atoms with Crippen LogP contribution in [0.1, 0.15) is 0 Å². The molecule has 0 unspecified atom stereocenters. The molecule has 0 spiro atoms. The highest BCUT2D eigenvalue weighted by Crippen LogP contribution is 2.19. The largest absolute Gasteiger partial charge is 0.314 e. The first-order valence-corrected chi connectivity index (χ1v) is 4.24. The molecule has 0 bridgehead atoms. The Kier molecular flexibility index (Phi) is 1.91. The van der Waals surface area contributed by atoms with Gasteiger partial charge < -0.3 is 5.01 Å². The van der Waals surface area contributed by atoms with Crippen molar-refractivity contribution in [2.45, 2.75) is 0 Å². The number of rotatable bonds is 1. The van der Waals surface area contributed by atoms with Crippen molar-refractivity contribution in [3.05, 3.63) is 42.5 Å². The SMILES string of the molecule is CN(N)c1ccc2ccccc2c1. The van der Waals surface area contributed by atoms with Crippen molar-refractivity contribution < 1.29 is 0 Å². The average molecular weight is 172 g/mol. The van der Waals surface area contributed by atoms with Crippen LogP contribution in [-0.2, 0) is 0 Å². The van der Waals surface area contributed by atoms with Crippen LogP contribution in [0.3, 0.4) is 0 Å². The molecule has 0 fully saturated rings. The maximum atomic E-state index is 5.64. The van der Waals surface area contributed by atoms with E-state index in [1.54, 1.807) is 5.01 Å². The van der Waals surface area contributed by atoms with Crippen molar-refractivity contribution in [2.24, 2.45) is 5.84 Å². The van der Waals surface area contributed by atoms with Gasteiger partial charge >= 0.3 is 0 Å². The molecule has 0 aliphatic heterocycles. The van der Waals surface area contributed by atoms with E-state index in [-0.39, 0.29) is 0 Å². The van der Waals surface area contributed by atoms with Crippen LogP contribution in [-0.4, -0.2) is 7.05 Å². The van der Waals surface area contributed by atoms with E-state index in [2.05, 4.69) is 24.3 Å². The van der Waals surface area contributed by atoms with E-state index in [0.29, 0.717) is 0 Å². The second-order valence-electron chi connectivity index (χ2n) is 3.14. The number of benzene rings is 2. The van der Waals surface area contributed by atoms with Gasteiger partial charge in [0.1, 0.15) is 0 Å². The average Bonchev–Trinajstić information content (AvgIpc) is 2.17. The zero-order chi connectivity index (χ0) is 9.26. The Balaban J connectivity index is 2.62. The van der Waals surface area contributed by atoms with Crippen molar-refractivity contribution in [2.75, 3.05) is 12.1 Å². The van der Waals surface area contributed by atoms with E-state index >= 15 is 0 Å². The summed E-state index contributed by atoms with van der Waals surface area (Å²) < 4.78 is 0. The summed E-state index contributed by atoms with van der Waals surface area (Å²) in [4.78, 5) is 0. The molecule has 0 aliphatic rings. The van der Waals surface area contributed by atoms with Crippen LogP contribution < -0.4 is 10.9 Å². The van der Waals surface area contributed by atoms with Gasteiger partial charge in [0.25, 0.3) is 0 Å². The smallest absolute Gasteiger partial charge is 0.0520 e. The number of fused-ring (bicyclic) bond motifs is 1. The molecule has 13 heavy (non-hydrogen) atoms. The predicted molar refractivity (Wildman–Crippen MR) is 56.5 cm³/mol. The van der Waals surface area contributed by atoms with Crippen molar-refractivity contribution in [3.8, 4) is 0 Å². The molecule has 2 aromatic carbocycles. The normalized spacial score (nSPS) is 10.3. The van der Waals surface area contributed by atoms with Crippen LogP contribution in [0.4, 0.5) is 5.69 Å². The second kappa shape index (κ2) is 3.07. The summed E-state index contributed by atoms with van der Waals surface area (Å²) >= 11 is 0. The fourth-order valence-corrected chi connectivity index (χ4v) is 1.40. The molecule has 0 radical (unpaired) electrons. The lowest BCUT2D eigenvalue weighted by molar-refractivity contribution is 1.02. The van der Waals surface area contributed by atoms with Crippen LogP contribution in [0.15, 0.2) is 42.5 Å². The third kappa shape index (κ3) is 1.48. The predicted octanol–water partition coefficient (Wildman–Crippen LogP) is 2.15. The molecule has 2 nitrogen and oxygen atoms in total. The molecule has 0 amide bonds. The highest BCUT2D eigenvalue weighted by atomic mass is 15.4. The summed E-state index contributed by atoms with van der Waals surface area (Å²) in [5.41, 5.74) is 1.03. The molecule has 0 aromatic heterocycles. The summed E-state index contributed by atoms with van der Waals surface area (Å²) in [5.74, 6) is 5.64. The van der Waals surface area contributed by atoms with Gasteiger partial charge in [0.05, 0.1) is 5.69 Å². The van der Waals surface area contributed by atoms with Crippen LogP contribution in [0.5, 0.6) is 0 Å². The van der Waals surface area contributed by atoms with E-state index in [0.717, 1.165) is 5.69 Å². The van der Waals surface area contributed by atoms with E-state index < -0.39 is 0 Å². The minimum Gasteiger partial charge on any atom is -0.314 e. The quantitative estimate of drug-likeness (QED) is 0.527. The fourth-order valence-electron chi connectivity index (χ4n) is 1.40. The van der Waals surface area contributed by atoms with E-state index in [9.17, 15) is 0 Å². The molecule has 0 heterocycles. The molecule has 0 atom stereocenters. The molecular weight excluding hydrogens is 160 g/mol. The molecule has 0 saturated heterocycles. The molecule has 2 N–H and O–H groups in total. The summed E-state index contributed by atoms with van der Waals surface area (Å²) in [6, 6.07) is 14.4. The number of hydrogen-bond acceptors (Lipinski definition) is 2. The van der Waals surface area contributed by atoms with Gasteiger partial charge in [-0.25, -0.2) is 5.84 Å². The van der Waals surface area contributed by atoms with Crippen LogP contribution in [0, 0.1) is 0 Å². The third-order valence-electron chi connectivity index (χ3n) is 2.14. The Hall–Kier alpha value is -1.54. The topological polar surface area (TPSA) is 29.3 Å². The van der Waals surface area contributed by atoms with Crippen LogP contribution in [0.2, 0.25) is 0 Å². The highest BCUT2D eigenvalue weighted by molar-refractivity contribution is 5.85. The minimum absolute atomic E-state index is 1.03. The van der Waals surface area contributed by atoms with Crippen molar-refractivity contribution in [3.63, 3.8) is 0 Å². The highest BCUT2D eigenvalue weighted by Gasteiger charge is 1.96. The van der Waals surface area contributed by atoms with E-state index in [4.69, 9.17) is 5.84 Å². The summed E-state index contributed by atoms with van der Waals surface area (Å²) in [5, 5.41) is 4.08. The molecule has 2 rings (SSSR count). The standard InChI is InChI=1S/C11H12N2/c1-13(12)11-7-6-9-4-2-3-5-10(9)8-11/h2-8H,12H2,1H3. The molecule has 2 heteroatoms. The van der Waals surface area contributed by atoms with E-state index in [1.165, 1.54) is 10.8 Å². The lowest BCUT2D eigenvalue weighted by Crippen LogP contribution is -2.24. The van der Waals surface area contributed by atoms with Gasteiger partial charge in [-0.1, -0.05) is 30.3 Å². The first-order chi connectivity index (χ1) is 6.27. The number of hydrazine groups is 1. The Labute approximate surface area is 77.5 Å². The van der Waals surface area contributed by atoms with Gasteiger partial charge in [0, 0.05) is 7.05 Å². The zero-order valence-electron chi connectivity index (χ0n) is 7.57. The second-order valence-corrected chi connectivity index (χ2v) is 3.14. The Morgan fingerprint density at radius 3 is 2.38 bits per heavy atom. The summed E-state index contributed by atoms with van der Waals surface area (Å²) in [6.07, 6.45) is 0. The molecule has 66 valence electrons. The summed E-state index contributed by atoms with van der Waals surface area (Å²) in [7, 11) is 1.84. The van der Waals surface area contributed by atoms with Gasteiger partial charge in [-0.15, -0.1) is 0 Å². The lowest BCUT2D eigenvalue weighted by atomic mass is 10.1. The lowest BCUT2D eigenvalue weighted by Gasteiger charge is -2.12. The first-order valence-electron chi connectivity index (χ1n) is 4.24. The van der Waals surface area contributed by atoms with E-state index in [1.807, 2.05) is 25.2 Å². The van der Waals surface area contributed by atoms with Gasteiger partial charge in [-0.2, -0.15) is 0 Å². The van der Waals surface area contributed by atoms with Crippen LogP contribution >= 0.6 is 0 Å². The molecule has 2 aromatic rings. The number of anilines is 1. The van der Waals surface area contributed by atoms with Crippen LogP contribution in [0.25, 0.3) is 10.8 Å². The maximum Gasteiger partial charge on any atom is 0.0520 e. The monoisotopic (exact) mass is 172 g/mol. The van der Waals surface area contributed by atoms with Crippen molar-refractivity contribution in [1.82, 2.24) is 0 Å². The molecule has 0 aliphatic carbocycles. The maximum absolute atomic E-state index is 5.64. The van der Waals surface area contributed by atoms with Gasteiger partial charge in [0.2, 0.25) is 0 Å². The first kappa shape index (κ1) is 8.08. The Bertz CT molecular complexity index is 421. The number of nitrogens with two attached hydrogens (primary N) is 1. The fraction of sp³-hybridized carbons (Fsp3) is 0.0909. The third-order valence-corrected chi connectivity index (χ3v) is 2.14. The minimum atomic E-state index is 1.03. The van der Waals surface area contributed by atoms with Gasteiger partial charge in [-0.3, -0.25) is 0 Å².